The van der Waals surface area contributed by atoms with Crippen molar-refractivity contribution in [3.05, 3.63) is 0 Å². The van der Waals surface area contributed by atoms with E-state index in [0.717, 1.165) is 25.9 Å². The predicted octanol–water partition coefficient (Wildman–Crippen LogP) is 2.19. The molecule has 0 atom stereocenters. The Morgan fingerprint density at radius 3 is 2.19 bits per heavy atom. The molecular formula is C11H23NO2S2. The maximum absolute atomic E-state index is 12.3. The van der Waals surface area contributed by atoms with E-state index in [2.05, 4.69) is 4.31 Å². The van der Waals surface area contributed by atoms with Gasteiger partial charge in [0.1, 0.15) is 0 Å². The summed E-state index contributed by atoms with van der Waals surface area (Å²) < 4.78 is 26.3. The maximum atomic E-state index is 12.3. The van der Waals surface area contributed by atoms with Crippen molar-refractivity contribution in [2.45, 2.75) is 38.4 Å². The first-order valence-corrected chi connectivity index (χ1v) is 8.65. The lowest BCUT2D eigenvalue weighted by Crippen LogP contribution is -2.46. The van der Waals surface area contributed by atoms with Crippen molar-refractivity contribution < 1.29 is 8.42 Å². The van der Waals surface area contributed by atoms with Gasteiger partial charge in [-0.1, -0.05) is 25.8 Å². The van der Waals surface area contributed by atoms with E-state index >= 15 is 0 Å². The van der Waals surface area contributed by atoms with Crippen LogP contribution in [-0.4, -0.2) is 42.6 Å². The highest BCUT2D eigenvalue weighted by molar-refractivity contribution is 7.96. The van der Waals surface area contributed by atoms with Gasteiger partial charge in [-0.3, -0.25) is 4.31 Å². The van der Waals surface area contributed by atoms with Gasteiger partial charge in [0, 0.05) is 13.1 Å². The highest BCUT2D eigenvalue weighted by Crippen LogP contribution is 2.33. The zero-order valence-corrected chi connectivity index (χ0v) is 12.3. The second-order valence-corrected chi connectivity index (χ2v) is 8.67. The predicted molar refractivity (Wildman–Crippen MR) is 71.4 cm³/mol. The lowest BCUT2D eigenvalue weighted by Gasteiger charge is -2.38. The van der Waals surface area contributed by atoms with Crippen LogP contribution in [0.1, 0.15) is 33.6 Å². The van der Waals surface area contributed by atoms with E-state index < -0.39 is 14.6 Å². The second-order valence-electron chi connectivity index (χ2n) is 5.24. The van der Waals surface area contributed by atoms with E-state index in [0.29, 0.717) is 5.75 Å². The fourth-order valence-electron chi connectivity index (χ4n) is 2.09. The quantitative estimate of drug-likeness (QED) is 0.730. The summed E-state index contributed by atoms with van der Waals surface area (Å²) in [7, 11) is -2.95. The number of hydrogen-bond donors (Lipinski definition) is 0. The first-order valence-electron chi connectivity index (χ1n) is 5.82. The number of rotatable bonds is 4. The molecule has 0 aromatic carbocycles. The third kappa shape index (κ3) is 3.14. The van der Waals surface area contributed by atoms with Crippen molar-refractivity contribution in [2.24, 2.45) is 5.92 Å². The largest absolute Gasteiger partial charge is 0.251 e. The third-order valence-electron chi connectivity index (χ3n) is 3.34. The molecule has 96 valence electrons. The van der Waals surface area contributed by atoms with Crippen LogP contribution < -0.4 is 0 Å². The van der Waals surface area contributed by atoms with Crippen LogP contribution in [0, 0.1) is 5.92 Å². The summed E-state index contributed by atoms with van der Waals surface area (Å²) in [5.41, 5.74) is 0. The normalized spacial score (nSPS) is 22.6. The van der Waals surface area contributed by atoms with E-state index in [1.807, 2.05) is 27.0 Å². The molecule has 0 N–H and O–H groups in total. The summed E-state index contributed by atoms with van der Waals surface area (Å²) in [6.45, 7) is 7.63. The fourth-order valence-corrected chi connectivity index (χ4v) is 4.73. The summed E-state index contributed by atoms with van der Waals surface area (Å²) in [4.78, 5) is 0. The molecule has 0 aromatic rings. The van der Waals surface area contributed by atoms with Gasteiger partial charge in [0.05, 0.1) is 10.5 Å². The average Bonchev–Trinajstić information content (AvgIpc) is 2.17. The van der Waals surface area contributed by atoms with Gasteiger partial charge in [0.2, 0.25) is 0 Å². The molecule has 0 aliphatic carbocycles. The Morgan fingerprint density at radius 2 is 1.81 bits per heavy atom. The van der Waals surface area contributed by atoms with Crippen LogP contribution in [0.15, 0.2) is 0 Å². The molecule has 0 spiro atoms. The summed E-state index contributed by atoms with van der Waals surface area (Å²) >= 11 is 1.71. The third-order valence-corrected chi connectivity index (χ3v) is 7.24. The van der Waals surface area contributed by atoms with Crippen LogP contribution in [-0.2, 0) is 9.84 Å². The zero-order chi connectivity index (χ0) is 12.4. The van der Waals surface area contributed by atoms with Gasteiger partial charge < -0.3 is 0 Å². The molecule has 1 rings (SSSR count). The Hall–Kier alpha value is 0.260. The first kappa shape index (κ1) is 14.3. The zero-order valence-electron chi connectivity index (χ0n) is 10.7. The molecule has 1 saturated heterocycles. The van der Waals surface area contributed by atoms with Gasteiger partial charge in [-0.2, -0.15) is 0 Å². The molecule has 0 unspecified atom stereocenters. The van der Waals surface area contributed by atoms with Crippen LogP contribution in [0.5, 0.6) is 0 Å². The van der Waals surface area contributed by atoms with E-state index in [1.54, 1.807) is 11.9 Å². The lowest BCUT2D eigenvalue weighted by atomic mass is 9.99. The fraction of sp³-hybridized carbons (Fsp3) is 1.00. The Labute approximate surface area is 104 Å². The molecule has 0 radical (unpaired) electrons. The van der Waals surface area contributed by atoms with Gasteiger partial charge in [-0.25, -0.2) is 8.42 Å². The molecule has 5 heteroatoms. The molecule has 1 aliphatic rings. The molecule has 1 fully saturated rings. The summed E-state index contributed by atoms with van der Waals surface area (Å²) in [5, 5.41) is 0. The molecule has 1 aliphatic heterocycles. The first-order chi connectivity index (χ1) is 7.31. The SMILES string of the molecule is CSN1CCC(C)(S(=O)(=O)CC(C)C)CC1. The smallest absolute Gasteiger partial charge is 0.156 e. The summed E-state index contributed by atoms with van der Waals surface area (Å²) in [6.07, 6.45) is 3.58. The van der Waals surface area contributed by atoms with Crippen LogP contribution in [0.25, 0.3) is 0 Å². The Morgan fingerprint density at radius 1 is 1.31 bits per heavy atom. The van der Waals surface area contributed by atoms with Gasteiger partial charge in [-0.15, -0.1) is 0 Å². The van der Waals surface area contributed by atoms with Crippen molar-refractivity contribution in [1.29, 1.82) is 0 Å². The molecule has 3 nitrogen and oxygen atoms in total. The van der Waals surface area contributed by atoms with Gasteiger partial charge in [-0.05, 0) is 31.9 Å². The van der Waals surface area contributed by atoms with Crippen molar-refractivity contribution in [3.63, 3.8) is 0 Å². The lowest BCUT2D eigenvalue weighted by molar-refractivity contribution is 0.320. The van der Waals surface area contributed by atoms with Crippen molar-refractivity contribution in [2.75, 3.05) is 25.1 Å². The Kier molecular flexibility index (Phi) is 4.72. The van der Waals surface area contributed by atoms with Crippen LogP contribution >= 0.6 is 11.9 Å². The van der Waals surface area contributed by atoms with E-state index in [4.69, 9.17) is 0 Å². The van der Waals surface area contributed by atoms with Crippen LogP contribution in [0.4, 0.5) is 0 Å². The van der Waals surface area contributed by atoms with Gasteiger partial charge >= 0.3 is 0 Å². The van der Waals surface area contributed by atoms with Crippen LogP contribution in [0.2, 0.25) is 0 Å². The number of hydrogen-bond acceptors (Lipinski definition) is 4. The molecule has 16 heavy (non-hydrogen) atoms. The standard InChI is InChI=1S/C11H23NO2S2/c1-10(2)9-16(13,14)11(3)5-7-12(15-4)8-6-11/h10H,5-9H2,1-4H3. The van der Waals surface area contributed by atoms with Crippen molar-refractivity contribution in [1.82, 2.24) is 4.31 Å². The molecule has 0 aromatic heterocycles. The second kappa shape index (κ2) is 5.27. The number of piperidine rings is 1. The number of nitrogens with zero attached hydrogens (tertiary/aromatic N) is 1. The van der Waals surface area contributed by atoms with Crippen LogP contribution in [0.3, 0.4) is 0 Å². The highest BCUT2D eigenvalue weighted by Gasteiger charge is 2.41. The minimum atomic E-state index is -2.95. The van der Waals surface area contributed by atoms with Crippen molar-refractivity contribution >= 4 is 21.8 Å². The summed E-state index contributed by atoms with van der Waals surface area (Å²) in [6, 6.07) is 0. The van der Waals surface area contributed by atoms with Gasteiger partial charge in [0.25, 0.3) is 0 Å². The molecule has 0 saturated carbocycles. The molecule has 1 heterocycles. The Balaban J connectivity index is 2.72. The number of sulfone groups is 1. The van der Waals surface area contributed by atoms with E-state index in [1.165, 1.54) is 0 Å². The highest BCUT2D eigenvalue weighted by atomic mass is 32.2. The van der Waals surface area contributed by atoms with Gasteiger partial charge in [0.15, 0.2) is 9.84 Å². The van der Waals surface area contributed by atoms with E-state index in [-0.39, 0.29) is 5.92 Å². The molecule has 0 bridgehead atoms. The monoisotopic (exact) mass is 265 g/mol. The van der Waals surface area contributed by atoms with E-state index in [9.17, 15) is 8.42 Å². The average molecular weight is 265 g/mol. The minimum absolute atomic E-state index is 0.223. The summed E-state index contributed by atoms with van der Waals surface area (Å²) in [5.74, 6) is 0.545. The Bertz CT molecular complexity index is 317. The van der Waals surface area contributed by atoms with Crippen molar-refractivity contribution in [3.8, 4) is 0 Å². The maximum Gasteiger partial charge on any atom is 0.156 e. The topological polar surface area (TPSA) is 37.4 Å². The molecular weight excluding hydrogens is 242 g/mol. The molecule has 0 amide bonds. The minimum Gasteiger partial charge on any atom is -0.251 e.